The lowest BCUT2D eigenvalue weighted by Crippen LogP contribution is -2.55. The molecule has 0 radical (unpaired) electrons. The number of rotatable bonds is 5. The number of carbonyl (C=O) groups excluding carboxylic acids is 1. The van der Waals surface area contributed by atoms with E-state index in [2.05, 4.69) is 48.5 Å². The van der Waals surface area contributed by atoms with E-state index in [1.54, 1.807) is 0 Å². The van der Waals surface area contributed by atoms with Crippen molar-refractivity contribution in [2.75, 3.05) is 0 Å². The number of nitrogens with zero attached hydrogens (tertiary/aromatic N) is 1. The first-order chi connectivity index (χ1) is 18.3. The summed E-state index contributed by atoms with van der Waals surface area (Å²) >= 11 is 0. The van der Waals surface area contributed by atoms with E-state index in [0.29, 0.717) is 6.54 Å². The van der Waals surface area contributed by atoms with E-state index in [-0.39, 0.29) is 17.9 Å². The minimum absolute atomic E-state index is 0.0218. The summed E-state index contributed by atoms with van der Waals surface area (Å²) in [6.45, 7) is 24.7. The lowest BCUT2D eigenvalue weighted by atomic mass is 9.78. The maximum Gasteiger partial charge on any atom is 0.229 e. The summed E-state index contributed by atoms with van der Waals surface area (Å²) in [5.74, 6) is 0.273. The Bertz CT molecular complexity index is 779. The SMILES string of the molecule is CC.CC.CC.CC.CC.CC.O=C1C(Cc2ccccc2)C(c2ccccc2)N1Cc1ccccc1. The largest absolute Gasteiger partial charge is 0.330 e. The lowest BCUT2D eigenvalue weighted by Gasteiger charge is -2.48. The molecule has 1 aliphatic rings. The zero-order chi connectivity index (χ0) is 29.1. The van der Waals surface area contributed by atoms with E-state index in [4.69, 9.17) is 0 Å². The van der Waals surface area contributed by atoms with Crippen molar-refractivity contribution >= 4 is 5.91 Å². The predicted molar refractivity (Wildman–Crippen MR) is 168 cm³/mol. The van der Waals surface area contributed by atoms with E-state index in [1.165, 1.54) is 16.7 Å². The van der Waals surface area contributed by atoms with Crippen LogP contribution in [0.5, 0.6) is 0 Å². The van der Waals surface area contributed by atoms with Gasteiger partial charge < -0.3 is 4.90 Å². The van der Waals surface area contributed by atoms with Gasteiger partial charge in [-0.1, -0.05) is 174 Å². The maximum atomic E-state index is 12.9. The van der Waals surface area contributed by atoms with Crippen LogP contribution in [-0.2, 0) is 17.8 Å². The van der Waals surface area contributed by atoms with Crippen LogP contribution < -0.4 is 0 Å². The molecule has 1 amide bonds. The Kier molecular flexibility index (Phi) is 29.0. The summed E-state index contributed by atoms with van der Waals surface area (Å²) in [6, 6.07) is 31.1. The molecule has 2 nitrogen and oxygen atoms in total. The third kappa shape index (κ3) is 13.3. The highest BCUT2D eigenvalue weighted by atomic mass is 16.2. The summed E-state index contributed by atoms with van der Waals surface area (Å²) in [5, 5.41) is 0. The second-order valence-corrected chi connectivity index (χ2v) is 6.60. The van der Waals surface area contributed by atoms with Crippen LogP contribution in [0.25, 0.3) is 0 Å². The second-order valence-electron chi connectivity index (χ2n) is 6.60. The van der Waals surface area contributed by atoms with Crippen molar-refractivity contribution in [2.24, 2.45) is 5.92 Å². The Labute approximate surface area is 231 Å². The van der Waals surface area contributed by atoms with Gasteiger partial charge in [0, 0.05) is 6.54 Å². The van der Waals surface area contributed by atoms with Gasteiger partial charge in [0.25, 0.3) is 0 Å². The molecule has 1 aliphatic heterocycles. The molecule has 2 heteroatoms. The molecule has 1 saturated heterocycles. The Hall–Kier alpha value is -2.87. The maximum absolute atomic E-state index is 12.9. The summed E-state index contributed by atoms with van der Waals surface area (Å²) < 4.78 is 0. The molecule has 0 bridgehead atoms. The Balaban J connectivity index is -0.000000852. The van der Waals surface area contributed by atoms with Crippen molar-refractivity contribution in [2.45, 2.75) is 102 Å². The van der Waals surface area contributed by atoms with Gasteiger partial charge in [0.2, 0.25) is 5.91 Å². The van der Waals surface area contributed by atoms with Gasteiger partial charge in [0.05, 0.1) is 12.0 Å². The van der Waals surface area contributed by atoms with Crippen LogP contribution in [0.2, 0.25) is 0 Å². The second kappa shape index (κ2) is 27.7. The summed E-state index contributed by atoms with van der Waals surface area (Å²) in [4.78, 5) is 14.9. The highest BCUT2D eigenvalue weighted by Crippen LogP contribution is 2.42. The molecular weight excluding hydrogens is 450 g/mol. The number of amides is 1. The van der Waals surface area contributed by atoms with Crippen molar-refractivity contribution in [1.82, 2.24) is 4.90 Å². The molecule has 2 unspecified atom stereocenters. The van der Waals surface area contributed by atoms with Gasteiger partial charge in [-0.25, -0.2) is 0 Å². The molecule has 0 saturated carbocycles. The molecule has 1 fully saturated rings. The van der Waals surface area contributed by atoms with Gasteiger partial charge in [-0.2, -0.15) is 0 Å². The average Bonchev–Trinajstić information content (AvgIpc) is 3.03. The van der Waals surface area contributed by atoms with E-state index in [0.717, 1.165) is 6.42 Å². The monoisotopic (exact) mass is 507 g/mol. The number of likely N-dealkylation sites (tertiary alicyclic amines) is 1. The molecule has 2 atom stereocenters. The van der Waals surface area contributed by atoms with Crippen LogP contribution in [-0.4, -0.2) is 10.8 Å². The summed E-state index contributed by atoms with van der Waals surface area (Å²) in [5.41, 5.74) is 3.62. The number of β-lactam (4-membered cyclic amide) rings is 1. The molecule has 1 heterocycles. The third-order valence-corrected chi connectivity index (χ3v) is 4.95. The van der Waals surface area contributed by atoms with Crippen LogP contribution >= 0.6 is 0 Å². The van der Waals surface area contributed by atoms with E-state index in [9.17, 15) is 4.79 Å². The molecule has 37 heavy (non-hydrogen) atoms. The molecule has 208 valence electrons. The zero-order valence-electron chi connectivity index (χ0n) is 26.1. The van der Waals surface area contributed by atoms with E-state index >= 15 is 0 Å². The Morgan fingerprint density at radius 1 is 0.514 bits per heavy atom. The fraction of sp³-hybridized carbons (Fsp3) is 0.457. The van der Waals surface area contributed by atoms with E-state index < -0.39 is 0 Å². The number of hydrogen-bond acceptors (Lipinski definition) is 1. The first-order valence-electron chi connectivity index (χ1n) is 14.8. The molecule has 3 aromatic carbocycles. The zero-order valence-corrected chi connectivity index (χ0v) is 26.1. The molecule has 0 spiro atoms. The van der Waals surface area contributed by atoms with Crippen molar-refractivity contribution in [3.63, 3.8) is 0 Å². The number of benzene rings is 3. The molecule has 0 aliphatic carbocycles. The Morgan fingerprint density at radius 3 is 1.27 bits per heavy atom. The minimum Gasteiger partial charge on any atom is -0.330 e. The predicted octanol–water partition coefficient (Wildman–Crippen LogP) is 10.8. The third-order valence-electron chi connectivity index (χ3n) is 4.95. The van der Waals surface area contributed by atoms with Gasteiger partial charge in [-0.05, 0) is 23.1 Å². The lowest BCUT2D eigenvalue weighted by molar-refractivity contribution is -0.158. The van der Waals surface area contributed by atoms with Gasteiger partial charge in [0.1, 0.15) is 0 Å². The summed E-state index contributed by atoms with van der Waals surface area (Å²) in [6.07, 6.45) is 0.796. The van der Waals surface area contributed by atoms with E-state index in [1.807, 2.05) is 130 Å². The normalized spacial score (nSPS) is 14.2. The molecule has 0 aromatic heterocycles. The average molecular weight is 508 g/mol. The highest BCUT2D eigenvalue weighted by Gasteiger charge is 2.47. The number of hydrogen-bond donors (Lipinski definition) is 0. The van der Waals surface area contributed by atoms with Crippen LogP contribution in [0.4, 0.5) is 0 Å². The standard InChI is InChI=1S/C23H21NO.6C2H6/c25-23-21(16-18-10-4-1-5-11-18)22(20-14-8-3-9-15-20)24(23)17-19-12-6-2-7-13-19;6*1-2/h1-15,21-22H,16-17H2;6*1-2H3. The van der Waals surface area contributed by atoms with Crippen molar-refractivity contribution in [1.29, 1.82) is 0 Å². The highest BCUT2D eigenvalue weighted by molar-refractivity contribution is 5.87. The number of carbonyl (C=O) groups is 1. The smallest absolute Gasteiger partial charge is 0.229 e. The minimum atomic E-state index is 0.0218. The molecule has 4 rings (SSSR count). The van der Waals surface area contributed by atoms with Crippen molar-refractivity contribution in [3.05, 3.63) is 108 Å². The van der Waals surface area contributed by atoms with Gasteiger partial charge in [-0.15, -0.1) is 0 Å². The van der Waals surface area contributed by atoms with Crippen molar-refractivity contribution in [3.8, 4) is 0 Å². The fourth-order valence-electron chi connectivity index (χ4n) is 3.71. The van der Waals surface area contributed by atoms with Crippen molar-refractivity contribution < 1.29 is 4.79 Å². The van der Waals surface area contributed by atoms with Crippen LogP contribution in [0.15, 0.2) is 91.0 Å². The van der Waals surface area contributed by atoms with Gasteiger partial charge in [0.15, 0.2) is 0 Å². The van der Waals surface area contributed by atoms with Gasteiger partial charge in [-0.3, -0.25) is 4.79 Å². The topological polar surface area (TPSA) is 20.3 Å². The fourth-order valence-corrected chi connectivity index (χ4v) is 3.71. The summed E-state index contributed by atoms with van der Waals surface area (Å²) in [7, 11) is 0. The quantitative estimate of drug-likeness (QED) is 0.314. The van der Waals surface area contributed by atoms with Crippen LogP contribution in [0.3, 0.4) is 0 Å². The molecular formula is C35H57NO. The molecule has 3 aromatic rings. The first kappa shape index (κ1) is 38.7. The van der Waals surface area contributed by atoms with Crippen LogP contribution in [0.1, 0.15) is 106 Å². The van der Waals surface area contributed by atoms with Crippen LogP contribution in [0, 0.1) is 5.92 Å². The van der Waals surface area contributed by atoms with Gasteiger partial charge >= 0.3 is 0 Å². The Morgan fingerprint density at radius 2 is 0.865 bits per heavy atom. The first-order valence-corrected chi connectivity index (χ1v) is 14.8. The molecule has 0 N–H and O–H groups in total.